The largest absolute Gasteiger partial charge is 0.359 e. The molecule has 3 aliphatic heterocycles. The van der Waals surface area contributed by atoms with Gasteiger partial charge in [-0.2, -0.15) is 0 Å². The summed E-state index contributed by atoms with van der Waals surface area (Å²) in [7, 11) is 0. The fourth-order valence-corrected chi connectivity index (χ4v) is 3.10. The van der Waals surface area contributed by atoms with Gasteiger partial charge in [-0.05, 0) is 66.8 Å². The zero-order valence-corrected chi connectivity index (χ0v) is 13.5. The number of hydrogen-bond acceptors (Lipinski definition) is 2. The van der Waals surface area contributed by atoms with Crippen molar-refractivity contribution in [2.24, 2.45) is 9.98 Å². The van der Waals surface area contributed by atoms with Crippen LogP contribution in [-0.4, -0.2) is 21.4 Å². The van der Waals surface area contributed by atoms with Gasteiger partial charge in [0.15, 0.2) is 0 Å². The first-order valence-electron chi connectivity index (χ1n) is 8.32. The van der Waals surface area contributed by atoms with Crippen LogP contribution in [0.5, 0.6) is 0 Å². The van der Waals surface area contributed by atoms with Gasteiger partial charge in [-0.1, -0.05) is 6.08 Å². The third-order valence-corrected chi connectivity index (χ3v) is 4.31. The SMILES string of the molecule is C1=C/C2=C/Cc3ccc([nH]3)/C=c3/cc/c([nH]3)=C/C3=NC(=C\C1=N2)/C=C3. The Kier molecular flexibility index (Phi) is 3.13. The molecule has 0 aliphatic carbocycles. The van der Waals surface area contributed by atoms with Gasteiger partial charge in [-0.15, -0.1) is 0 Å². The second-order valence-electron chi connectivity index (χ2n) is 6.24. The molecule has 0 spiro atoms. The molecule has 0 atom stereocenters. The Balaban J connectivity index is 1.65. The molecule has 4 heteroatoms. The third kappa shape index (κ3) is 2.90. The van der Waals surface area contributed by atoms with Crippen molar-refractivity contribution in [3.8, 4) is 0 Å². The number of fused-ring (bicyclic) bond motifs is 6. The van der Waals surface area contributed by atoms with Crippen LogP contribution in [0.15, 0.2) is 82.1 Å². The Hall–Kier alpha value is -3.40. The van der Waals surface area contributed by atoms with Crippen LogP contribution in [0.4, 0.5) is 0 Å². The van der Waals surface area contributed by atoms with E-state index in [-0.39, 0.29) is 0 Å². The van der Waals surface area contributed by atoms with E-state index >= 15 is 0 Å². The smallest absolute Gasteiger partial charge is 0.0659 e. The van der Waals surface area contributed by atoms with E-state index in [1.807, 2.05) is 36.5 Å². The van der Waals surface area contributed by atoms with Gasteiger partial charge in [0.05, 0.1) is 22.8 Å². The van der Waals surface area contributed by atoms with Crippen LogP contribution in [0.3, 0.4) is 0 Å². The molecule has 0 unspecified atom stereocenters. The van der Waals surface area contributed by atoms with Gasteiger partial charge in [0.2, 0.25) is 0 Å². The molecular formula is C21H16N4. The monoisotopic (exact) mass is 324 g/mol. The van der Waals surface area contributed by atoms with Crippen molar-refractivity contribution in [3.05, 3.63) is 94.2 Å². The molecule has 120 valence electrons. The van der Waals surface area contributed by atoms with Crippen molar-refractivity contribution >= 4 is 23.6 Å². The normalized spacial score (nSPS) is 24.8. The summed E-state index contributed by atoms with van der Waals surface area (Å²) < 4.78 is 0. The molecule has 2 aromatic rings. The quantitative estimate of drug-likeness (QED) is 0.747. The fraction of sp³-hybridized carbons (Fsp3) is 0.0476. The molecule has 0 saturated heterocycles. The van der Waals surface area contributed by atoms with E-state index in [9.17, 15) is 0 Å². The van der Waals surface area contributed by atoms with Gasteiger partial charge in [-0.3, -0.25) is 0 Å². The summed E-state index contributed by atoms with van der Waals surface area (Å²) in [6, 6.07) is 8.35. The molecule has 8 bridgehead atoms. The Morgan fingerprint density at radius 3 is 2.36 bits per heavy atom. The van der Waals surface area contributed by atoms with Crippen LogP contribution in [-0.2, 0) is 6.42 Å². The molecule has 2 aromatic heterocycles. The molecule has 4 nitrogen and oxygen atoms in total. The molecular weight excluding hydrogens is 308 g/mol. The highest BCUT2D eigenvalue weighted by molar-refractivity contribution is 6.19. The van der Waals surface area contributed by atoms with Gasteiger partial charge >= 0.3 is 0 Å². The van der Waals surface area contributed by atoms with Crippen molar-refractivity contribution in [1.29, 1.82) is 0 Å². The van der Waals surface area contributed by atoms with E-state index in [0.717, 1.165) is 45.6 Å². The Bertz CT molecular complexity index is 1160. The van der Waals surface area contributed by atoms with Crippen LogP contribution in [0.2, 0.25) is 0 Å². The lowest BCUT2D eigenvalue weighted by Gasteiger charge is -1.93. The van der Waals surface area contributed by atoms with Crippen LogP contribution in [0.1, 0.15) is 11.4 Å². The maximum atomic E-state index is 4.64. The number of H-pyrrole nitrogens is 2. The predicted octanol–water partition coefficient (Wildman–Crippen LogP) is 2.30. The van der Waals surface area contributed by atoms with Crippen molar-refractivity contribution in [1.82, 2.24) is 9.97 Å². The molecule has 0 saturated carbocycles. The van der Waals surface area contributed by atoms with Crippen molar-refractivity contribution in [3.63, 3.8) is 0 Å². The van der Waals surface area contributed by atoms with Crippen molar-refractivity contribution in [2.75, 3.05) is 0 Å². The van der Waals surface area contributed by atoms with Crippen LogP contribution in [0.25, 0.3) is 12.2 Å². The van der Waals surface area contributed by atoms with Gasteiger partial charge in [0.1, 0.15) is 0 Å². The molecule has 3 aliphatic rings. The van der Waals surface area contributed by atoms with Gasteiger partial charge < -0.3 is 9.97 Å². The summed E-state index contributed by atoms with van der Waals surface area (Å²) in [6.45, 7) is 0. The average molecular weight is 324 g/mol. The van der Waals surface area contributed by atoms with Gasteiger partial charge in [0.25, 0.3) is 0 Å². The lowest BCUT2D eigenvalue weighted by molar-refractivity contribution is 1.13. The second kappa shape index (κ2) is 5.60. The second-order valence-corrected chi connectivity index (χ2v) is 6.24. The van der Waals surface area contributed by atoms with E-state index < -0.39 is 0 Å². The van der Waals surface area contributed by atoms with E-state index in [1.54, 1.807) is 0 Å². The molecule has 5 heterocycles. The zero-order chi connectivity index (χ0) is 16.6. The molecule has 0 radical (unpaired) electrons. The van der Waals surface area contributed by atoms with Crippen molar-refractivity contribution < 1.29 is 0 Å². The highest BCUT2D eigenvalue weighted by Gasteiger charge is 2.07. The van der Waals surface area contributed by atoms with E-state index in [4.69, 9.17) is 0 Å². The lowest BCUT2D eigenvalue weighted by Crippen LogP contribution is -2.10. The number of allylic oxidation sites excluding steroid dienone is 6. The van der Waals surface area contributed by atoms with Crippen LogP contribution in [0, 0.1) is 0 Å². The lowest BCUT2D eigenvalue weighted by atomic mass is 10.2. The summed E-state index contributed by atoms with van der Waals surface area (Å²) >= 11 is 0. The highest BCUT2D eigenvalue weighted by atomic mass is 14.8. The van der Waals surface area contributed by atoms with Gasteiger partial charge in [0, 0.05) is 28.5 Å². The number of aromatic nitrogens is 2. The fourth-order valence-electron chi connectivity index (χ4n) is 3.10. The zero-order valence-electron chi connectivity index (χ0n) is 13.5. The average Bonchev–Trinajstić information content (AvgIpc) is 3.36. The minimum absolute atomic E-state index is 0.826. The predicted molar refractivity (Wildman–Crippen MR) is 102 cm³/mol. The number of hydrogen-bond donors (Lipinski definition) is 2. The van der Waals surface area contributed by atoms with Crippen molar-refractivity contribution in [2.45, 2.75) is 6.42 Å². The molecule has 25 heavy (non-hydrogen) atoms. The summed E-state index contributed by atoms with van der Waals surface area (Å²) in [5.74, 6) is 0. The Morgan fingerprint density at radius 1 is 0.680 bits per heavy atom. The number of aromatic amines is 2. The molecule has 2 N–H and O–H groups in total. The Labute approximate surface area is 144 Å². The summed E-state index contributed by atoms with van der Waals surface area (Å²) in [5.41, 5.74) is 6.03. The summed E-state index contributed by atoms with van der Waals surface area (Å²) in [6.07, 6.45) is 17.2. The minimum atomic E-state index is 0.826. The molecule has 0 aromatic carbocycles. The van der Waals surface area contributed by atoms with Crippen LogP contribution < -0.4 is 10.7 Å². The molecule has 0 amide bonds. The standard InChI is InChI=1S/C21H16N4/c1-2-15-4-6-17(23-15)12-19-8-10-21(25-19)13-20-9-7-18(24-20)11-16-5-3-14(1)22-16/h1,3-13,23,25H,2H2/b14-1-,18-11-,19-12-,21-13-. The number of aliphatic imine (C=N–C) groups is 2. The maximum absolute atomic E-state index is 4.64. The first-order chi connectivity index (χ1) is 12.3. The first-order valence-corrected chi connectivity index (χ1v) is 8.32. The minimum Gasteiger partial charge on any atom is -0.359 e. The van der Waals surface area contributed by atoms with E-state index in [1.165, 1.54) is 5.69 Å². The number of nitrogens with zero attached hydrogens (tertiary/aromatic N) is 2. The van der Waals surface area contributed by atoms with Crippen LogP contribution >= 0.6 is 0 Å². The third-order valence-electron chi connectivity index (χ3n) is 4.31. The Morgan fingerprint density at radius 2 is 1.44 bits per heavy atom. The molecule has 0 fully saturated rings. The van der Waals surface area contributed by atoms with E-state index in [0.29, 0.717) is 0 Å². The van der Waals surface area contributed by atoms with Gasteiger partial charge in [-0.25, -0.2) is 9.98 Å². The van der Waals surface area contributed by atoms with E-state index in [2.05, 4.69) is 56.4 Å². The highest BCUT2D eigenvalue weighted by Crippen LogP contribution is 2.16. The first kappa shape index (κ1) is 14.0. The topological polar surface area (TPSA) is 56.3 Å². The number of nitrogens with one attached hydrogen (secondary N) is 2. The number of rotatable bonds is 0. The summed E-state index contributed by atoms with van der Waals surface area (Å²) in [5, 5.41) is 2.10. The maximum Gasteiger partial charge on any atom is 0.0659 e. The molecule has 5 rings (SSSR count). The summed E-state index contributed by atoms with van der Waals surface area (Å²) in [4.78, 5) is 16.1.